The zero-order chi connectivity index (χ0) is 20.9. The number of benzene rings is 2. The van der Waals surface area contributed by atoms with Crippen LogP contribution in [0, 0.1) is 0 Å². The molecule has 0 fully saturated rings. The predicted molar refractivity (Wildman–Crippen MR) is 114 cm³/mol. The van der Waals surface area contributed by atoms with Gasteiger partial charge in [0.1, 0.15) is 0 Å². The number of para-hydroxylation sites is 1. The van der Waals surface area contributed by atoms with E-state index in [0.29, 0.717) is 19.5 Å². The molecule has 0 N–H and O–H groups in total. The van der Waals surface area contributed by atoms with Gasteiger partial charge in [0.05, 0.1) is 24.5 Å². The molecule has 1 aromatic heterocycles. The molecule has 2 heterocycles. The minimum Gasteiger partial charge on any atom is -0.461 e. The van der Waals surface area contributed by atoms with Crippen LogP contribution in [0.5, 0.6) is 0 Å². The summed E-state index contributed by atoms with van der Waals surface area (Å²) in [5, 5.41) is 4.55. The van der Waals surface area contributed by atoms with E-state index in [2.05, 4.69) is 5.10 Å². The SMILES string of the molecule is CCOC(=O)c1nn(-c2ccccc2)c2c1CN(C(=O)/C=C/c1ccccc1)CC2. The van der Waals surface area contributed by atoms with Crippen molar-refractivity contribution in [1.29, 1.82) is 0 Å². The van der Waals surface area contributed by atoms with Gasteiger partial charge in [-0.2, -0.15) is 5.10 Å². The van der Waals surface area contributed by atoms with Crippen LogP contribution >= 0.6 is 0 Å². The fraction of sp³-hybridized carbons (Fsp3) is 0.208. The molecule has 3 aromatic rings. The van der Waals surface area contributed by atoms with E-state index < -0.39 is 5.97 Å². The lowest BCUT2D eigenvalue weighted by atomic mass is 10.0. The monoisotopic (exact) mass is 401 g/mol. The van der Waals surface area contributed by atoms with Gasteiger partial charge in [0.2, 0.25) is 5.91 Å². The minimum absolute atomic E-state index is 0.0910. The average molecular weight is 401 g/mol. The Morgan fingerprint density at radius 3 is 2.47 bits per heavy atom. The van der Waals surface area contributed by atoms with Crippen molar-refractivity contribution in [2.45, 2.75) is 19.9 Å². The molecule has 1 aliphatic heterocycles. The lowest BCUT2D eigenvalue weighted by molar-refractivity contribution is -0.126. The van der Waals surface area contributed by atoms with Crippen LogP contribution in [0.2, 0.25) is 0 Å². The van der Waals surface area contributed by atoms with Crippen molar-refractivity contribution in [3.05, 3.63) is 89.3 Å². The van der Waals surface area contributed by atoms with Crippen molar-refractivity contribution in [1.82, 2.24) is 14.7 Å². The summed E-state index contributed by atoms with van der Waals surface area (Å²) < 4.78 is 7.01. The summed E-state index contributed by atoms with van der Waals surface area (Å²) in [5.41, 5.74) is 3.83. The molecule has 0 saturated carbocycles. The summed E-state index contributed by atoms with van der Waals surface area (Å²) in [6.07, 6.45) is 3.99. The third kappa shape index (κ3) is 4.03. The molecule has 30 heavy (non-hydrogen) atoms. The molecular weight excluding hydrogens is 378 g/mol. The molecule has 0 unspecified atom stereocenters. The number of rotatable bonds is 5. The second-order valence-electron chi connectivity index (χ2n) is 7.00. The van der Waals surface area contributed by atoms with Crippen LogP contribution in [0.4, 0.5) is 0 Å². The Morgan fingerprint density at radius 2 is 1.77 bits per heavy atom. The number of ether oxygens (including phenoxy) is 1. The van der Waals surface area contributed by atoms with Gasteiger partial charge in [-0.3, -0.25) is 4.79 Å². The topological polar surface area (TPSA) is 64.4 Å². The quantitative estimate of drug-likeness (QED) is 0.484. The van der Waals surface area contributed by atoms with Gasteiger partial charge >= 0.3 is 5.97 Å². The van der Waals surface area contributed by atoms with Gasteiger partial charge in [0, 0.05) is 24.6 Å². The number of amides is 1. The lowest BCUT2D eigenvalue weighted by Gasteiger charge is -2.26. The van der Waals surface area contributed by atoms with Gasteiger partial charge in [-0.15, -0.1) is 0 Å². The van der Waals surface area contributed by atoms with Crippen LogP contribution in [0.25, 0.3) is 11.8 Å². The molecular formula is C24H23N3O3. The van der Waals surface area contributed by atoms with Crippen molar-refractivity contribution in [3.8, 4) is 5.69 Å². The normalized spacial score (nSPS) is 13.3. The van der Waals surface area contributed by atoms with Crippen molar-refractivity contribution in [2.75, 3.05) is 13.2 Å². The van der Waals surface area contributed by atoms with Crippen molar-refractivity contribution in [3.63, 3.8) is 0 Å². The van der Waals surface area contributed by atoms with Crippen LogP contribution in [-0.2, 0) is 22.5 Å². The molecule has 0 saturated heterocycles. The maximum atomic E-state index is 12.8. The first-order valence-electron chi connectivity index (χ1n) is 10.0. The Labute approximate surface area is 175 Å². The highest BCUT2D eigenvalue weighted by Gasteiger charge is 2.30. The fourth-order valence-electron chi connectivity index (χ4n) is 3.59. The number of hydrogen-bond donors (Lipinski definition) is 0. The lowest BCUT2D eigenvalue weighted by Crippen LogP contribution is -2.35. The number of nitrogens with zero attached hydrogens (tertiary/aromatic N) is 3. The van der Waals surface area contributed by atoms with E-state index in [9.17, 15) is 9.59 Å². The number of fused-ring (bicyclic) bond motifs is 1. The number of carbonyl (C=O) groups is 2. The average Bonchev–Trinajstić information content (AvgIpc) is 3.18. The van der Waals surface area contributed by atoms with E-state index in [0.717, 1.165) is 22.5 Å². The number of carbonyl (C=O) groups excluding carboxylic acids is 2. The number of esters is 1. The zero-order valence-corrected chi connectivity index (χ0v) is 16.8. The Kier molecular flexibility index (Phi) is 5.75. The van der Waals surface area contributed by atoms with E-state index in [1.807, 2.05) is 60.7 Å². The summed E-state index contributed by atoms with van der Waals surface area (Å²) in [6.45, 7) is 2.93. The Hall–Kier alpha value is -3.67. The van der Waals surface area contributed by atoms with Crippen molar-refractivity contribution in [2.24, 2.45) is 0 Å². The highest BCUT2D eigenvalue weighted by Crippen LogP contribution is 2.26. The highest BCUT2D eigenvalue weighted by atomic mass is 16.5. The third-order valence-corrected chi connectivity index (χ3v) is 5.06. The molecule has 152 valence electrons. The van der Waals surface area contributed by atoms with Gasteiger partial charge in [-0.05, 0) is 30.7 Å². The fourth-order valence-corrected chi connectivity index (χ4v) is 3.59. The maximum Gasteiger partial charge on any atom is 0.359 e. The standard InChI is InChI=1S/C24H23N3O3/c1-2-30-24(29)23-20-17-26(22(28)14-13-18-9-5-3-6-10-18)16-15-21(20)27(25-23)19-11-7-4-8-12-19/h3-14H,2,15-17H2,1H3/b14-13+. The molecule has 0 radical (unpaired) electrons. The molecule has 0 bridgehead atoms. The summed E-state index contributed by atoms with van der Waals surface area (Å²) in [7, 11) is 0. The first-order valence-corrected chi connectivity index (χ1v) is 10.0. The third-order valence-electron chi connectivity index (χ3n) is 5.06. The smallest absolute Gasteiger partial charge is 0.359 e. The Balaban J connectivity index is 1.63. The predicted octanol–water partition coefficient (Wildman–Crippen LogP) is 3.65. The second kappa shape index (κ2) is 8.78. The van der Waals surface area contributed by atoms with Crippen molar-refractivity contribution >= 4 is 18.0 Å². The van der Waals surface area contributed by atoms with Crippen LogP contribution < -0.4 is 0 Å². The molecule has 4 rings (SSSR count). The molecule has 6 nitrogen and oxygen atoms in total. The molecule has 6 heteroatoms. The minimum atomic E-state index is -0.461. The second-order valence-corrected chi connectivity index (χ2v) is 7.00. The van der Waals surface area contributed by atoms with Gasteiger partial charge in [-0.1, -0.05) is 48.5 Å². The molecule has 0 spiro atoms. The van der Waals surface area contributed by atoms with Gasteiger partial charge < -0.3 is 9.64 Å². The Bertz CT molecular complexity index is 1070. The van der Waals surface area contributed by atoms with E-state index in [-0.39, 0.29) is 18.2 Å². The zero-order valence-electron chi connectivity index (χ0n) is 16.8. The number of aromatic nitrogens is 2. The summed E-state index contributed by atoms with van der Waals surface area (Å²) >= 11 is 0. The van der Waals surface area contributed by atoms with Gasteiger partial charge in [0.25, 0.3) is 0 Å². The van der Waals surface area contributed by atoms with E-state index in [1.54, 1.807) is 28.7 Å². The van der Waals surface area contributed by atoms with Crippen LogP contribution in [0.1, 0.15) is 34.2 Å². The van der Waals surface area contributed by atoms with Crippen molar-refractivity contribution < 1.29 is 14.3 Å². The van der Waals surface area contributed by atoms with Crippen LogP contribution in [-0.4, -0.2) is 39.7 Å². The highest BCUT2D eigenvalue weighted by molar-refractivity contribution is 5.93. The Morgan fingerprint density at radius 1 is 1.07 bits per heavy atom. The van der Waals surface area contributed by atoms with E-state index in [4.69, 9.17) is 4.74 Å². The molecule has 0 atom stereocenters. The van der Waals surface area contributed by atoms with E-state index >= 15 is 0 Å². The van der Waals surface area contributed by atoms with E-state index in [1.165, 1.54) is 0 Å². The molecule has 1 amide bonds. The van der Waals surface area contributed by atoms with Crippen LogP contribution in [0.3, 0.4) is 0 Å². The van der Waals surface area contributed by atoms with Crippen LogP contribution in [0.15, 0.2) is 66.7 Å². The first-order chi connectivity index (χ1) is 14.7. The van der Waals surface area contributed by atoms with Gasteiger partial charge in [-0.25, -0.2) is 9.48 Å². The maximum absolute atomic E-state index is 12.8. The molecule has 1 aliphatic rings. The molecule has 2 aromatic carbocycles. The first kappa shape index (κ1) is 19.6. The number of hydrogen-bond acceptors (Lipinski definition) is 4. The summed E-state index contributed by atoms with van der Waals surface area (Å²) in [5.74, 6) is -0.552. The van der Waals surface area contributed by atoms with Gasteiger partial charge in [0.15, 0.2) is 5.69 Å². The largest absolute Gasteiger partial charge is 0.461 e. The molecule has 0 aliphatic carbocycles. The summed E-state index contributed by atoms with van der Waals surface area (Å²) in [4.78, 5) is 27.0. The summed E-state index contributed by atoms with van der Waals surface area (Å²) in [6, 6.07) is 19.4.